The summed E-state index contributed by atoms with van der Waals surface area (Å²) in [7, 11) is 0. The monoisotopic (exact) mass is 360 g/mol. The second-order valence-corrected chi connectivity index (χ2v) is 7.32. The highest BCUT2D eigenvalue weighted by Gasteiger charge is 2.20. The maximum Gasteiger partial charge on any atom is 0.442 e. The Kier molecular flexibility index (Phi) is 7.12. The SMILES string of the molecule is CC(C)CCN(CCC(C)C)C(=O)Cn1c(-c2ccccn2)noc1=O. The molecule has 0 unspecified atom stereocenters. The highest BCUT2D eigenvalue weighted by Crippen LogP contribution is 2.13. The van der Waals surface area contributed by atoms with Crippen molar-refractivity contribution in [2.75, 3.05) is 13.1 Å². The smallest absolute Gasteiger partial charge is 0.341 e. The van der Waals surface area contributed by atoms with E-state index in [1.807, 2.05) is 4.90 Å². The Morgan fingerprint density at radius 1 is 1.15 bits per heavy atom. The average molecular weight is 360 g/mol. The lowest BCUT2D eigenvalue weighted by atomic mass is 10.1. The molecule has 1 amide bonds. The molecule has 2 aromatic rings. The Hall–Kier alpha value is -2.44. The van der Waals surface area contributed by atoms with E-state index in [1.165, 1.54) is 4.57 Å². The summed E-state index contributed by atoms with van der Waals surface area (Å²) in [4.78, 5) is 30.9. The van der Waals surface area contributed by atoms with Gasteiger partial charge in [-0.2, -0.15) is 0 Å². The van der Waals surface area contributed by atoms with Gasteiger partial charge >= 0.3 is 5.76 Å². The number of carbonyl (C=O) groups is 1. The molecule has 0 saturated heterocycles. The summed E-state index contributed by atoms with van der Waals surface area (Å²) in [5, 5.41) is 3.79. The van der Waals surface area contributed by atoms with E-state index in [0.717, 1.165) is 12.8 Å². The number of hydrogen-bond acceptors (Lipinski definition) is 5. The highest BCUT2D eigenvalue weighted by atomic mass is 16.5. The summed E-state index contributed by atoms with van der Waals surface area (Å²) >= 11 is 0. The van der Waals surface area contributed by atoms with Crippen molar-refractivity contribution in [3.05, 3.63) is 34.9 Å². The van der Waals surface area contributed by atoms with E-state index in [0.29, 0.717) is 30.6 Å². The topological polar surface area (TPSA) is 81.2 Å². The molecule has 2 aromatic heterocycles. The minimum Gasteiger partial charge on any atom is -0.341 e. The third kappa shape index (κ3) is 5.54. The van der Waals surface area contributed by atoms with E-state index in [-0.39, 0.29) is 18.3 Å². The number of hydrogen-bond donors (Lipinski definition) is 0. The van der Waals surface area contributed by atoms with Crippen molar-refractivity contribution >= 4 is 5.91 Å². The Morgan fingerprint density at radius 3 is 2.35 bits per heavy atom. The maximum absolute atomic E-state index is 12.8. The van der Waals surface area contributed by atoms with Crippen LogP contribution in [0.1, 0.15) is 40.5 Å². The Morgan fingerprint density at radius 2 is 1.81 bits per heavy atom. The molecular weight excluding hydrogens is 332 g/mol. The largest absolute Gasteiger partial charge is 0.442 e. The molecule has 26 heavy (non-hydrogen) atoms. The van der Waals surface area contributed by atoms with Crippen molar-refractivity contribution < 1.29 is 9.32 Å². The summed E-state index contributed by atoms with van der Waals surface area (Å²) in [6, 6.07) is 5.30. The number of rotatable bonds is 9. The van der Waals surface area contributed by atoms with Crippen molar-refractivity contribution in [1.29, 1.82) is 0 Å². The quantitative estimate of drug-likeness (QED) is 0.687. The van der Waals surface area contributed by atoms with Crippen LogP contribution in [0.4, 0.5) is 0 Å². The van der Waals surface area contributed by atoms with Crippen LogP contribution >= 0.6 is 0 Å². The van der Waals surface area contributed by atoms with Gasteiger partial charge in [-0.15, -0.1) is 0 Å². The van der Waals surface area contributed by atoms with Crippen LogP contribution in [-0.2, 0) is 11.3 Å². The minimum absolute atomic E-state index is 0.0928. The third-order valence-electron chi connectivity index (χ3n) is 4.18. The van der Waals surface area contributed by atoms with Crippen LogP contribution in [0.2, 0.25) is 0 Å². The Balaban J connectivity index is 2.17. The summed E-state index contributed by atoms with van der Waals surface area (Å²) in [5.41, 5.74) is 0.502. The van der Waals surface area contributed by atoms with Crippen molar-refractivity contribution in [2.24, 2.45) is 11.8 Å². The molecule has 0 radical (unpaired) electrons. The second kappa shape index (κ2) is 9.31. The van der Waals surface area contributed by atoms with Crippen molar-refractivity contribution in [3.63, 3.8) is 0 Å². The van der Waals surface area contributed by atoms with Crippen LogP contribution < -0.4 is 5.76 Å². The van der Waals surface area contributed by atoms with Gasteiger partial charge in [0, 0.05) is 19.3 Å². The zero-order chi connectivity index (χ0) is 19.1. The van der Waals surface area contributed by atoms with Crippen LogP contribution in [0.5, 0.6) is 0 Å². The summed E-state index contributed by atoms with van der Waals surface area (Å²) in [6.45, 7) is 9.81. The van der Waals surface area contributed by atoms with Crippen LogP contribution in [0.15, 0.2) is 33.7 Å². The average Bonchev–Trinajstić information content (AvgIpc) is 2.96. The molecule has 0 aliphatic carbocycles. The first-order valence-corrected chi connectivity index (χ1v) is 9.14. The number of amides is 1. The normalized spacial score (nSPS) is 11.3. The molecule has 7 heteroatoms. The zero-order valence-electron chi connectivity index (χ0n) is 16.0. The fraction of sp³-hybridized carbons (Fsp3) is 0.579. The van der Waals surface area contributed by atoms with Gasteiger partial charge in [0.05, 0.1) is 0 Å². The molecule has 0 bridgehead atoms. The zero-order valence-corrected chi connectivity index (χ0v) is 16.0. The second-order valence-electron chi connectivity index (χ2n) is 7.32. The number of carbonyl (C=O) groups excluding carboxylic acids is 1. The fourth-order valence-electron chi connectivity index (χ4n) is 2.51. The molecule has 142 valence electrons. The molecule has 0 aliphatic heterocycles. The van der Waals surface area contributed by atoms with Gasteiger partial charge in [-0.3, -0.25) is 14.3 Å². The number of aromatic nitrogens is 3. The van der Waals surface area contributed by atoms with Gasteiger partial charge in [-0.25, -0.2) is 9.36 Å². The predicted octanol–water partition coefficient (Wildman–Crippen LogP) is 2.82. The molecular formula is C19H28N4O3. The molecule has 0 aromatic carbocycles. The van der Waals surface area contributed by atoms with Gasteiger partial charge in [0.15, 0.2) is 0 Å². The van der Waals surface area contributed by atoms with Crippen molar-refractivity contribution in [1.82, 2.24) is 19.6 Å². The van der Waals surface area contributed by atoms with Crippen LogP contribution in [0, 0.1) is 11.8 Å². The minimum atomic E-state index is -0.647. The number of pyridine rings is 1. The molecule has 0 aliphatic rings. The van der Waals surface area contributed by atoms with E-state index in [2.05, 4.69) is 37.8 Å². The van der Waals surface area contributed by atoms with Gasteiger partial charge in [-0.05, 0) is 36.8 Å². The Bertz CT molecular complexity index is 738. The van der Waals surface area contributed by atoms with Crippen LogP contribution in [0.25, 0.3) is 11.5 Å². The van der Waals surface area contributed by atoms with Gasteiger partial charge in [0.25, 0.3) is 0 Å². The first kappa shape index (κ1) is 19.9. The lowest BCUT2D eigenvalue weighted by Crippen LogP contribution is -2.38. The lowest BCUT2D eigenvalue weighted by Gasteiger charge is -2.24. The molecule has 2 rings (SSSR count). The van der Waals surface area contributed by atoms with Crippen molar-refractivity contribution in [3.8, 4) is 11.5 Å². The number of nitrogens with zero attached hydrogens (tertiary/aromatic N) is 4. The standard InChI is InChI=1S/C19H28N4O3/c1-14(2)8-11-22(12-9-15(3)4)17(24)13-23-18(21-26-19(23)25)16-7-5-6-10-20-16/h5-7,10,14-15H,8-9,11-13H2,1-4H3. The van der Waals surface area contributed by atoms with Crippen molar-refractivity contribution in [2.45, 2.75) is 47.1 Å². The van der Waals surface area contributed by atoms with Gasteiger partial charge in [0.2, 0.25) is 11.7 Å². The van der Waals surface area contributed by atoms with Gasteiger partial charge in [-0.1, -0.05) is 38.9 Å². The molecule has 7 nitrogen and oxygen atoms in total. The van der Waals surface area contributed by atoms with Gasteiger partial charge < -0.3 is 4.90 Å². The molecule has 0 fully saturated rings. The molecule has 0 N–H and O–H groups in total. The molecule has 0 spiro atoms. The summed E-state index contributed by atoms with van der Waals surface area (Å²) < 4.78 is 6.03. The van der Waals surface area contributed by atoms with E-state index in [4.69, 9.17) is 4.52 Å². The van der Waals surface area contributed by atoms with Crippen LogP contribution in [0.3, 0.4) is 0 Å². The van der Waals surface area contributed by atoms with Crippen LogP contribution in [-0.4, -0.2) is 38.6 Å². The maximum atomic E-state index is 12.8. The fourth-order valence-corrected chi connectivity index (χ4v) is 2.51. The Labute approximate surface area is 154 Å². The first-order valence-electron chi connectivity index (χ1n) is 9.14. The van der Waals surface area contributed by atoms with E-state index in [9.17, 15) is 9.59 Å². The van der Waals surface area contributed by atoms with E-state index < -0.39 is 5.76 Å². The van der Waals surface area contributed by atoms with E-state index >= 15 is 0 Å². The van der Waals surface area contributed by atoms with E-state index in [1.54, 1.807) is 24.4 Å². The van der Waals surface area contributed by atoms with Gasteiger partial charge in [0.1, 0.15) is 12.2 Å². The molecule has 0 atom stereocenters. The summed E-state index contributed by atoms with van der Waals surface area (Å²) in [6.07, 6.45) is 3.46. The lowest BCUT2D eigenvalue weighted by molar-refractivity contribution is -0.132. The first-order chi connectivity index (χ1) is 12.4. The molecule has 0 saturated carbocycles. The third-order valence-corrected chi connectivity index (χ3v) is 4.18. The summed E-state index contributed by atoms with van der Waals surface area (Å²) in [5.74, 6) is 0.538. The molecule has 2 heterocycles. The highest BCUT2D eigenvalue weighted by molar-refractivity contribution is 5.76. The predicted molar refractivity (Wildman–Crippen MR) is 99.5 cm³/mol.